The fourth-order valence-corrected chi connectivity index (χ4v) is 2.61. The molecule has 0 unspecified atom stereocenters. The molecule has 1 aromatic carbocycles. The highest BCUT2D eigenvalue weighted by Gasteiger charge is 2.16. The van der Waals surface area contributed by atoms with Crippen LogP contribution in [0.25, 0.3) is 0 Å². The van der Waals surface area contributed by atoms with Crippen LogP contribution in [0.15, 0.2) is 67.3 Å². The van der Waals surface area contributed by atoms with E-state index in [0.717, 1.165) is 17.5 Å². The van der Waals surface area contributed by atoms with Crippen LogP contribution in [-0.4, -0.2) is 32.5 Å². The Labute approximate surface area is 151 Å². The number of hydrogen-bond acceptors (Lipinski definition) is 4. The molecule has 0 radical (unpaired) electrons. The molecule has 5 nitrogen and oxygen atoms in total. The monoisotopic (exact) mass is 352 g/mol. The normalized spacial score (nSPS) is 10.4. The van der Waals surface area contributed by atoms with E-state index in [1.807, 2.05) is 36.4 Å². The van der Waals surface area contributed by atoms with Crippen LogP contribution in [0.5, 0.6) is 0 Å². The number of amides is 1. The van der Waals surface area contributed by atoms with Crippen molar-refractivity contribution < 1.29 is 4.79 Å². The van der Waals surface area contributed by atoms with Gasteiger partial charge in [0.05, 0.1) is 18.0 Å². The van der Waals surface area contributed by atoms with Gasteiger partial charge in [0.2, 0.25) is 0 Å². The molecule has 3 rings (SSSR count). The Hall–Kier alpha value is -2.79. The maximum Gasteiger partial charge on any atom is 0.255 e. The molecule has 25 heavy (non-hydrogen) atoms. The number of aromatic nitrogens is 3. The number of nitrogens with zero attached hydrogens (tertiary/aromatic N) is 4. The second-order valence-electron chi connectivity index (χ2n) is 5.60. The molecule has 126 valence electrons. The zero-order chi connectivity index (χ0) is 17.5. The van der Waals surface area contributed by atoms with Gasteiger partial charge in [-0.05, 0) is 41.8 Å². The molecular formula is C19H17ClN4O. The Morgan fingerprint density at radius 3 is 2.48 bits per heavy atom. The van der Waals surface area contributed by atoms with E-state index in [-0.39, 0.29) is 5.91 Å². The number of benzene rings is 1. The Kier molecular flexibility index (Phi) is 5.69. The maximum atomic E-state index is 12.8. The summed E-state index contributed by atoms with van der Waals surface area (Å²) in [6, 6.07) is 13.2. The van der Waals surface area contributed by atoms with Crippen LogP contribution in [0.3, 0.4) is 0 Å². The van der Waals surface area contributed by atoms with Gasteiger partial charge in [0.15, 0.2) is 0 Å². The Bertz CT molecular complexity index is 810. The number of pyridine rings is 1. The molecule has 0 saturated heterocycles. The lowest BCUT2D eigenvalue weighted by atomic mass is 10.1. The van der Waals surface area contributed by atoms with E-state index in [2.05, 4.69) is 15.2 Å². The molecular weight excluding hydrogens is 336 g/mol. The summed E-state index contributed by atoms with van der Waals surface area (Å²) in [4.78, 5) is 18.8. The Morgan fingerprint density at radius 2 is 1.80 bits per heavy atom. The number of halogens is 1. The fraction of sp³-hybridized carbons (Fsp3) is 0.158. The first kappa shape index (κ1) is 17.0. The minimum atomic E-state index is -0.0762. The van der Waals surface area contributed by atoms with Crippen molar-refractivity contribution in [1.29, 1.82) is 0 Å². The topological polar surface area (TPSA) is 59.0 Å². The van der Waals surface area contributed by atoms with Crippen molar-refractivity contribution >= 4 is 17.5 Å². The summed E-state index contributed by atoms with van der Waals surface area (Å²) >= 11 is 5.93. The second kappa shape index (κ2) is 8.35. The standard InChI is InChI=1S/C19H17ClN4O/c20-18-5-3-15(4-6-18)8-11-24(14-16-2-1-9-21-12-16)19(25)17-7-10-22-23-13-17/h1-7,9-10,12-13H,8,11,14H2. The van der Waals surface area contributed by atoms with Gasteiger partial charge in [-0.3, -0.25) is 9.78 Å². The molecule has 2 aromatic heterocycles. The predicted molar refractivity (Wildman–Crippen MR) is 96.2 cm³/mol. The molecule has 0 N–H and O–H groups in total. The SMILES string of the molecule is O=C(c1ccnnc1)N(CCc1ccc(Cl)cc1)Cc1cccnc1. The first-order valence-electron chi connectivity index (χ1n) is 7.92. The van der Waals surface area contributed by atoms with E-state index in [0.29, 0.717) is 23.7 Å². The third-order valence-electron chi connectivity index (χ3n) is 3.80. The first-order valence-corrected chi connectivity index (χ1v) is 8.29. The van der Waals surface area contributed by atoms with Crippen molar-refractivity contribution in [1.82, 2.24) is 20.1 Å². The first-order chi connectivity index (χ1) is 12.2. The summed E-state index contributed by atoms with van der Waals surface area (Å²) in [5.74, 6) is -0.0762. The lowest BCUT2D eigenvalue weighted by Gasteiger charge is -2.23. The van der Waals surface area contributed by atoms with E-state index in [9.17, 15) is 4.79 Å². The van der Waals surface area contributed by atoms with Crippen LogP contribution in [0.2, 0.25) is 5.02 Å². The highest BCUT2D eigenvalue weighted by Crippen LogP contribution is 2.13. The van der Waals surface area contributed by atoms with Crippen molar-refractivity contribution in [2.75, 3.05) is 6.54 Å². The summed E-state index contributed by atoms with van der Waals surface area (Å²) in [7, 11) is 0. The molecule has 0 atom stereocenters. The quantitative estimate of drug-likeness (QED) is 0.682. The molecule has 0 spiro atoms. The third kappa shape index (κ3) is 4.84. The molecule has 0 aliphatic rings. The van der Waals surface area contributed by atoms with Gasteiger partial charge in [0, 0.05) is 30.5 Å². The molecule has 0 saturated carbocycles. The highest BCUT2D eigenvalue weighted by atomic mass is 35.5. The number of hydrogen-bond donors (Lipinski definition) is 0. The highest BCUT2D eigenvalue weighted by molar-refractivity contribution is 6.30. The molecule has 0 fully saturated rings. The molecule has 0 aliphatic heterocycles. The van der Waals surface area contributed by atoms with Crippen LogP contribution in [-0.2, 0) is 13.0 Å². The van der Waals surface area contributed by atoms with Gasteiger partial charge in [0.25, 0.3) is 5.91 Å². The third-order valence-corrected chi connectivity index (χ3v) is 4.05. The largest absolute Gasteiger partial charge is 0.334 e. The van der Waals surface area contributed by atoms with Crippen molar-refractivity contribution in [3.63, 3.8) is 0 Å². The minimum Gasteiger partial charge on any atom is -0.334 e. The molecule has 3 aromatic rings. The van der Waals surface area contributed by atoms with Gasteiger partial charge >= 0.3 is 0 Å². The van der Waals surface area contributed by atoms with Crippen LogP contribution in [0, 0.1) is 0 Å². The zero-order valence-electron chi connectivity index (χ0n) is 13.5. The van der Waals surface area contributed by atoms with Crippen LogP contribution < -0.4 is 0 Å². The lowest BCUT2D eigenvalue weighted by Crippen LogP contribution is -2.32. The minimum absolute atomic E-state index is 0.0762. The Balaban J connectivity index is 1.76. The molecule has 0 aliphatic carbocycles. The van der Waals surface area contributed by atoms with Crippen molar-refractivity contribution in [3.8, 4) is 0 Å². The smallest absolute Gasteiger partial charge is 0.255 e. The van der Waals surface area contributed by atoms with E-state index in [1.54, 1.807) is 23.4 Å². The van der Waals surface area contributed by atoms with Crippen molar-refractivity contribution in [2.24, 2.45) is 0 Å². The van der Waals surface area contributed by atoms with Gasteiger partial charge in [-0.1, -0.05) is 29.8 Å². The van der Waals surface area contributed by atoms with E-state index >= 15 is 0 Å². The molecule has 1 amide bonds. The van der Waals surface area contributed by atoms with Gasteiger partial charge in [-0.15, -0.1) is 0 Å². The summed E-state index contributed by atoms with van der Waals surface area (Å²) in [5, 5.41) is 8.23. The van der Waals surface area contributed by atoms with Gasteiger partial charge in [-0.2, -0.15) is 10.2 Å². The summed E-state index contributed by atoms with van der Waals surface area (Å²) in [5.41, 5.74) is 2.63. The van der Waals surface area contributed by atoms with E-state index < -0.39 is 0 Å². The maximum absolute atomic E-state index is 12.8. The Morgan fingerprint density at radius 1 is 0.960 bits per heavy atom. The van der Waals surface area contributed by atoms with E-state index in [4.69, 9.17) is 11.6 Å². The van der Waals surface area contributed by atoms with Crippen LogP contribution >= 0.6 is 11.6 Å². The molecule has 2 heterocycles. The lowest BCUT2D eigenvalue weighted by molar-refractivity contribution is 0.0744. The average Bonchev–Trinajstić information content (AvgIpc) is 2.67. The van der Waals surface area contributed by atoms with Gasteiger partial charge in [-0.25, -0.2) is 0 Å². The van der Waals surface area contributed by atoms with Gasteiger partial charge in [0.1, 0.15) is 0 Å². The number of carbonyl (C=O) groups is 1. The average molecular weight is 353 g/mol. The molecule has 0 bridgehead atoms. The summed E-state index contributed by atoms with van der Waals surface area (Å²) in [6.45, 7) is 1.07. The fourth-order valence-electron chi connectivity index (χ4n) is 2.48. The van der Waals surface area contributed by atoms with Crippen LogP contribution in [0.1, 0.15) is 21.5 Å². The van der Waals surface area contributed by atoms with Crippen molar-refractivity contribution in [3.05, 3.63) is 89.0 Å². The zero-order valence-corrected chi connectivity index (χ0v) is 14.3. The van der Waals surface area contributed by atoms with Crippen molar-refractivity contribution in [2.45, 2.75) is 13.0 Å². The predicted octanol–water partition coefficient (Wildman–Crippen LogP) is 3.41. The van der Waals surface area contributed by atoms with E-state index in [1.165, 1.54) is 12.4 Å². The number of carbonyl (C=O) groups excluding carboxylic acids is 1. The van der Waals surface area contributed by atoms with Crippen LogP contribution in [0.4, 0.5) is 0 Å². The second-order valence-corrected chi connectivity index (χ2v) is 6.03. The summed E-state index contributed by atoms with van der Waals surface area (Å²) < 4.78 is 0. The van der Waals surface area contributed by atoms with Gasteiger partial charge < -0.3 is 4.90 Å². The molecule has 6 heteroatoms. The summed E-state index contributed by atoms with van der Waals surface area (Å²) in [6.07, 6.45) is 7.24. The number of rotatable bonds is 6.